The van der Waals surface area contributed by atoms with Gasteiger partial charge >= 0.3 is 5.97 Å². The quantitative estimate of drug-likeness (QED) is 0.765. The van der Waals surface area contributed by atoms with Crippen molar-refractivity contribution in [3.05, 3.63) is 17.5 Å². The Morgan fingerprint density at radius 2 is 2.00 bits per heavy atom. The topological polar surface area (TPSA) is 67.7 Å². The molecule has 0 unspecified atom stereocenters. The van der Waals surface area contributed by atoms with Crippen LogP contribution in [0.25, 0.3) is 0 Å². The van der Waals surface area contributed by atoms with Gasteiger partial charge in [0.25, 0.3) is 0 Å². The van der Waals surface area contributed by atoms with Crippen LogP contribution in [0.5, 0.6) is 0 Å². The first kappa shape index (κ1) is 17.9. The molecular formula is C18H28N4O3. The fourth-order valence-electron chi connectivity index (χ4n) is 3.67. The van der Waals surface area contributed by atoms with E-state index in [4.69, 9.17) is 4.74 Å². The second-order valence-electron chi connectivity index (χ2n) is 7.53. The monoisotopic (exact) mass is 348 g/mol. The van der Waals surface area contributed by atoms with Crippen molar-refractivity contribution in [1.82, 2.24) is 19.6 Å². The molecule has 7 heteroatoms. The van der Waals surface area contributed by atoms with E-state index in [9.17, 15) is 9.59 Å². The number of esters is 1. The zero-order chi connectivity index (χ0) is 18.2. The van der Waals surface area contributed by atoms with Crippen LogP contribution in [0.2, 0.25) is 0 Å². The summed E-state index contributed by atoms with van der Waals surface area (Å²) in [5.41, 5.74) is 1.62. The minimum absolute atomic E-state index is 0.0467. The number of hydrogen-bond donors (Lipinski definition) is 0. The second-order valence-corrected chi connectivity index (χ2v) is 7.53. The largest absolute Gasteiger partial charge is 0.459 e. The number of rotatable bonds is 4. The summed E-state index contributed by atoms with van der Waals surface area (Å²) in [7, 11) is 0. The summed E-state index contributed by atoms with van der Waals surface area (Å²) in [5.74, 6) is -0.590. The molecule has 1 aromatic heterocycles. The smallest absolute Gasteiger partial charge is 0.307 e. The fourth-order valence-corrected chi connectivity index (χ4v) is 3.67. The Labute approximate surface area is 148 Å². The zero-order valence-corrected chi connectivity index (χ0v) is 15.6. The molecule has 1 amide bonds. The average molecular weight is 348 g/mol. The number of carbonyl (C=O) groups is 2. The van der Waals surface area contributed by atoms with E-state index in [0.29, 0.717) is 13.1 Å². The van der Waals surface area contributed by atoms with Gasteiger partial charge in [-0.2, -0.15) is 5.10 Å². The number of amides is 1. The highest BCUT2D eigenvalue weighted by atomic mass is 16.6. The molecule has 2 saturated heterocycles. The van der Waals surface area contributed by atoms with Gasteiger partial charge in [-0.25, -0.2) is 0 Å². The van der Waals surface area contributed by atoms with E-state index in [-0.39, 0.29) is 24.2 Å². The first-order valence-electron chi connectivity index (χ1n) is 9.06. The van der Waals surface area contributed by atoms with Gasteiger partial charge in [0, 0.05) is 51.0 Å². The summed E-state index contributed by atoms with van der Waals surface area (Å²) < 4.78 is 7.26. The van der Waals surface area contributed by atoms with E-state index in [1.165, 1.54) is 5.56 Å². The number of aryl methyl sites for hydroxylation is 2. The van der Waals surface area contributed by atoms with Crippen LogP contribution in [0.3, 0.4) is 0 Å². The molecule has 3 heterocycles. The highest BCUT2D eigenvalue weighted by molar-refractivity contribution is 5.87. The van der Waals surface area contributed by atoms with Crippen molar-refractivity contribution in [2.24, 2.45) is 5.92 Å². The maximum absolute atomic E-state index is 12.8. The maximum atomic E-state index is 12.8. The number of aromatic nitrogens is 2. The highest BCUT2D eigenvalue weighted by Crippen LogP contribution is 2.34. The Bertz CT molecular complexity index is 659. The molecule has 0 spiro atoms. The molecular weight excluding hydrogens is 320 g/mol. The normalized spacial score (nSPS) is 23.8. The Kier molecular flexibility index (Phi) is 4.86. The summed E-state index contributed by atoms with van der Waals surface area (Å²) >= 11 is 0. The minimum atomic E-state index is -0.697. The molecule has 7 nitrogen and oxygen atoms in total. The standard InChI is InChI=1S/C18H28N4O3/c1-5-22-12-14(13(2)19-22)11-20-6-8-21(9-7-20)17(24)15-10-16(23)25-18(15,3)4/h12,15H,5-11H2,1-4H3/t15-/m1/s1. The van der Waals surface area contributed by atoms with Gasteiger partial charge < -0.3 is 9.64 Å². The summed E-state index contributed by atoms with van der Waals surface area (Å²) in [6.07, 6.45) is 2.30. The van der Waals surface area contributed by atoms with Crippen LogP contribution < -0.4 is 0 Å². The minimum Gasteiger partial charge on any atom is -0.459 e. The van der Waals surface area contributed by atoms with Crippen LogP contribution in [0.4, 0.5) is 0 Å². The lowest BCUT2D eigenvalue weighted by Crippen LogP contribution is -2.52. The van der Waals surface area contributed by atoms with Gasteiger partial charge in [0.05, 0.1) is 18.0 Å². The van der Waals surface area contributed by atoms with Crippen molar-refractivity contribution in [1.29, 1.82) is 0 Å². The van der Waals surface area contributed by atoms with Crippen molar-refractivity contribution in [2.45, 2.75) is 52.8 Å². The predicted molar refractivity (Wildman–Crippen MR) is 92.8 cm³/mol. The molecule has 25 heavy (non-hydrogen) atoms. The van der Waals surface area contributed by atoms with Gasteiger partial charge in [-0.15, -0.1) is 0 Å². The number of carbonyl (C=O) groups excluding carboxylic acids is 2. The molecule has 3 rings (SSSR count). The average Bonchev–Trinajstić information content (AvgIpc) is 3.05. The lowest BCUT2D eigenvalue weighted by atomic mass is 9.89. The third-order valence-electron chi connectivity index (χ3n) is 5.33. The first-order valence-corrected chi connectivity index (χ1v) is 9.06. The van der Waals surface area contributed by atoms with E-state index in [2.05, 4.69) is 23.1 Å². The molecule has 0 N–H and O–H groups in total. The molecule has 2 fully saturated rings. The summed E-state index contributed by atoms with van der Waals surface area (Å²) in [6, 6.07) is 0. The van der Waals surface area contributed by atoms with E-state index < -0.39 is 5.60 Å². The Balaban J connectivity index is 1.55. The number of nitrogens with zero attached hydrogens (tertiary/aromatic N) is 4. The maximum Gasteiger partial charge on any atom is 0.307 e. The van der Waals surface area contributed by atoms with E-state index in [0.717, 1.165) is 31.9 Å². The fraction of sp³-hybridized carbons (Fsp3) is 0.722. The van der Waals surface area contributed by atoms with Gasteiger partial charge in [-0.05, 0) is 27.7 Å². The van der Waals surface area contributed by atoms with Crippen LogP contribution in [-0.4, -0.2) is 63.2 Å². The molecule has 2 aliphatic heterocycles. The molecule has 1 atom stereocenters. The summed E-state index contributed by atoms with van der Waals surface area (Å²) in [6.45, 7) is 12.6. The van der Waals surface area contributed by atoms with Gasteiger partial charge in [0.15, 0.2) is 0 Å². The molecule has 0 saturated carbocycles. The van der Waals surface area contributed by atoms with Crippen LogP contribution in [0, 0.1) is 12.8 Å². The van der Waals surface area contributed by atoms with E-state index in [1.807, 2.05) is 30.4 Å². The zero-order valence-electron chi connectivity index (χ0n) is 15.6. The first-order chi connectivity index (χ1) is 11.8. The van der Waals surface area contributed by atoms with Crippen LogP contribution in [0.15, 0.2) is 6.20 Å². The Morgan fingerprint density at radius 3 is 2.52 bits per heavy atom. The SMILES string of the molecule is CCn1cc(CN2CCN(C(=O)[C@H]3CC(=O)OC3(C)C)CC2)c(C)n1. The molecule has 0 bridgehead atoms. The molecule has 0 aliphatic carbocycles. The third-order valence-corrected chi connectivity index (χ3v) is 5.33. The number of ether oxygens (including phenoxy) is 1. The second kappa shape index (κ2) is 6.78. The Morgan fingerprint density at radius 1 is 1.32 bits per heavy atom. The van der Waals surface area contributed by atoms with E-state index in [1.54, 1.807) is 0 Å². The summed E-state index contributed by atoms with van der Waals surface area (Å²) in [4.78, 5) is 28.6. The number of cyclic esters (lactones) is 1. The molecule has 138 valence electrons. The van der Waals surface area contributed by atoms with Gasteiger partial charge in [-0.3, -0.25) is 19.2 Å². The highest BCUT2D eigenvalue weighted by Gasteiger charge is 2.47. The lowest BCUT2D eigenvalue weighted by Gasteiger charge is -2.37. The van der Waals surface area contributed by atoms with Crippen LogP contribution >= 0.6 is 0 Å². The molecule has 0 radical (unpaired) electrons. The molecule has 1 aromatic rings. The van der Waals surface area contributed by atoms with Crippen molar-refractivity contribution in [3.8, 4) is 0 Å². The van der Waals surface area contributed by atoms with Crippen molar-refractivity contribution >= 4 is 11.9 Å². The van der Waals surface area contributed by atoms with Crippen LogP contribution in [-0.2, 0) is 27.4 Å². The molecule has 0 aromatic carbocycles. The van der Waals surface area contributed by atoms with Gasteiger partial charge in [-0.1, -0.05) is 0 Å². The van der Waals surface area contributed by atoms with E-state index >= 15 is 0 Å². The van der Waals surface area contributed by atoms with Gasteiger partial charge in [0.1, 0.15) is 5.60 Å². The van der Waals surface area contributed by atoms with Crippen molar-refractivity contribution in [3.63, 3.8) is 0 Å². The number of hydrogen-bond acceptors (Lipinski definition) is 5. The number of piperazine rings is 1. The van der Waals surface area contributed by atoms with Crippen molar-refractivity contribution in [2.75, 3.05) is 26.2 Å². The third kappa shape index (κ3) is 3.71. The van der Waals surface area contributed by atoms with Gasteiger partial charge in [0.2, 0.25) is 5.91 Å². The lowest BCUT2D eigenvalue weighted by molar-refractivity contribution is -0.149. The molecule has 2 aliphatic rings. The van der Waals surface area contributed by atoms with Crippen LogP contribution in [0.1, 0.15) is 38.4 Å². The Hall–Kier alpha value is -1.89. The summed E-state index contributed by atoms with van der Waals surface area (Å²) in [5, 5.41) is 4.49. The predicted octanol–water partition coefficient (Wildman–Crippen LogP) is 1.20. The van der Waals surface area contributed by atoms with Crippen molar-refractivity contribution < 1.29 is 14.3 Å².